The molecule has 0 fully saturated rings. The summed E-state index contributed by atoms with van der Waals surface area (Å²) < 4.78 is 2.28. The maximum Gasteiger partial charge on any atom is 0.352 e. The number of halogens is 3. The molecule has 2 aromatic heterocycles. The summed E-state index contributed by atoms with van der Waals surface area (Å²) in [6.07, 6.45) is 5.10. The number of rotatable bonds is 12. The topological polar surface area (TPSA) is 149 Å². The number of amides is 1. The predicted molar refractivity (Wildman–Crippen MR) is 123 cm³/mol. The first-order chi connectivity index (χ1) is 13.1. The van der Waals surface area contributed by atoms with Gasteiger partial charge >= 0.3 is 5.69 Å². The van der Waals surface area contributed by atoms with E-state index in [1.165, 1.54) is 17.8 Å². The molecule has 0 aliphatic heterocycles. The summed E-state index contributed by atoms with van der Waals surface area (Å²) in [5.41, 5.74) is 11.0. The molecule has 0 saturated heterocycles. The van der Waals surface area contributed by atoms with Crippen LogP contribution in [0.4, 0.5) is 0 Å². The Labute approximate surface area is 194 Å². The highest BCUT2D eigenvalue weighted by Gasteiger charge is 2.16. The Balaban J connectivity index is 0. The number of carbonyl (C=O) groups is 1. The summed E-state index contributed by atoms with van der Waals surface area (Å²) in [4.78, 5) is 30.6. The summed E-state index contributed by atoms with van der Waals surface area (Å²) in [5.74, 6) is -0.364. The van der Waals surface area contributed by atoms with Crippen LogP contribution in [0.25, 0.3) is 5.65 Å². The van der Waals surface area contributed by atoms with E-state index in [-0.39, 0.29) is 54.5 Å². The van der Waals surface area contributed by atoms with Crippen molar-refractivity contribution < 1.29 is 4.79 Å². The fraction of sp³-hybridized carbons (Fsp3) is 0.688. The Kier molecular flexibility index (Phi) is 16.6. The molecule has 0 atom stereocenters. The number of hydrogen-bond acceptors (Lipinski definition) is 8. The number of nitrogens with two attached hydrogens (primary N) is 2. The third kappa shape index (κ3) is 8.70. The van der Waals surface area contributed by atoms with Crippen LogP contribution >= 0.6 is 37.2 Å². The zero-order chi connectivity index (χ0) is 19.6. The Morgan fingerprint density at radius 2 is 1.70 bits per heavy atom. The van der Waals surface area contributed by atoms with E-state index in [2.05, 4.69) is 25.5 Å². The zero-order valence-electron chi connectivity index (χ0n) is 17.0. The number of imidazole rings is 1. The summed E-state index contributed by atoms with van der Waals surface area (Å²) in [6, 6.07) is 0. The first-order valence-electron chi connectivity index (χ1n) is 9.26. The highest BCUT2D eigenvalue weighted by molar-refractivity contribution is 5.97. The molecule has 0 saturated carbocycles. The quantitative estimate of drug-likeness (QED) is 0.342. The van der Waals surface area contributed by atoms with Crippen molar-refractivity contribution in [3.8, 4) is 0 Å². The van der Waals surface area contributed by atoms with Gasteiger partial charge in [-0.05, 0) is 58.4 Å². The van der Waals surface area contributed by atoms with E-state index in [1.54, 1.807) is 0 Å². The number of aryl methyl sites for hydroxylation is 1. The Hall–Kier alpha value is -1.50. The van der Waals surface area contributed by atoms with E-state index in [9.17, 15) is 9.59 Å². The molecule has 5 N–H and O–H groups in total. The molecule has 0 aromatic carbocycles. The maximum atomic E-state index is 12.3. The largest absolute Gasteiger partial charge is 0.352 e. The van der Waals surface area contributed by atoms with Gasteiger partial charge < -0.3 is 21.7 Å². The third-order valence-electron chi connectivity index (χ3n) is 4.26. The number of aromatic nitrogens is 5. The maximum absolute atomic E-state index is 12.3. The van der Waals surface area contributed by atoms with Gasteiger partial charge in [0.1, 0.15) is 6.33 Å². The van der Waals surface area contributed by atoms with Crippen LogP contribution in [0.15, 0.2) is 11.1 Å². The van der Waals surface area contributed by atoms with Crippen molar-refractivity contribution in [1.82, 2.24) is 34.6 Å². The summed E-state index contributed by atoms with van der Waals surface area (Å²) in [7, 11) is 1.48. The van der Waals surface area contributed by atoms with Gasteiger partial charge in [-0.1, -0.05) is 5.21 Å². The van der Waals surface area contributed by atoms with Gasteiger partial charge in [-0.3, -0.25) is 4.79 Å². The molecule has 174 valence electrons. The van der Waals surface area contributed by atoms with Gasteiger partial charge in [0.15, 0.2) is 11.3 Å². The van der Waals surface area contributed by atoms with Crippen LogP contribution in [-0.4, -0.2) is 74.5 Å². The fourth-order valence-corrected chi connectivity index (χ4v) is 2.76. The molecule has 1 amide bonds. The van der Waals surface area contributed by atoms with Crippen LogP contribution in [-0.2, 0) is 7.05 Å². The second-order valence-electron chi connectivity index (χ2n) is 6.37. The van der Waals surface area contributed by atoms with Crippen molar-refractivity contribution in [2.45, 2.75) is 25.7 Å². The normalized spacial score (nSPS) is 10.3. The van der Waals surface area contributed by atoms with E-state index in [0.29, 0.717) is 19.6 Å². The minimum absolute atomic E-state index is 0. The molecular weight excluding hydrogens is 457 g/mol. The molecule has 0 unspecified atom stereocenters. The molecule has 0 bridgehead atoms. The van der Waals surface area contributed by atoms with Gasteiger partial charge in [0.25, 0.3) is 5.91 Å². The molecule has 11 nitrogen and oxygen atoms in total. The van der Waals surface area contributed by atoms with Gasteiger partial charge in [0.2, 0.25) is 0 Å². The molecular formula is C16H32Cl3N9O2. The zero-order valence-corrected chi connectivity index (χ0v) is 19.5. The van der Waals surface area contributed by atoms with Crippen LogP contribution < -0.4 is 22.5 Å². The number of hydrogen-bond donors (Lipinski definition) is 3. The summed E-state index contributed by atoms with van der Waals surface area (Å²) in [5, 5.41) is 10.4. The average Bonchev–Trinajstić information content (AvgIpc) is 3.10. The van der Waals surface area contributed by atoms with E-state index in [4.69, 9.17) is 11.5 Å². The summed E-state index contributed by atoms with van der Waals surface area (Å²) >= 11 is 0. The minimum Gasteiger partial charge on any atom is -0.351 e. The molecule has 14 heteroatoms. The Bertz CT molecular complexity index is 800. The van der Waals surface area contributed by atoms with Crippen molar-refractivity contribution in [2.75, 3.05) is 39.3 Å². The van der Waals surface area contributed by atoms with Crippen molar-refractivity contribution in [3.63, 3.8) is 0 Å². The van der Waals surface area contributed by atoms with Gasteiger partial charge in [0, 0.05) is 13.6 Å². The van der Waals surface area contributed by atoms with Gasteiger partial charge in [-0.15, -0.1) is 42.3 Å². The van der Waals surface area contributed by atoms with Crippen LogP contribution in [0.5, 0.6) is 0 Å². The van der Waals surface area contributed by atoms with Crippen molar-refractivity contribution >= 4 is 48.8 Å². The summed E-state index contributed by atoms with van der Waals surface area (Å²) in [6.45, 7) is 4.67. The molecule has 2 rings (SSSR count). The lowest BCUT2D eigenvalue weighted by Crippen LogP contribution is -2.32. The van der Waals surface area contributed by atoms with E-state index < -0.39 is 5.69 Å². The van der Waals surface area contributed by atoms with Gasteiger partial charge in [0.05, 0.1) is 0 Å². The monoisotopic (exact) mass is 487 g/mol. The number of unbranched alkanes of at least 4 members (excludes halogenated alkanes) is 1. The standard InChI is InChI=1S/C16H29N9O2.3ClH/c1-23-16(27)25-12-20-13(14(25)21-22-23)15(26)19-8-5-11-24(10-4-7-18)9-3-2-6-17;;;/h12H,2-11,17-18H2,1H3,(H,19,26);3*1H. The predicted octanol–water partition coefficient (Wildman–Crippen LogP) is -0.402. The minimum atomic E-state index is -0.403. The first-order valence-corrected chi connectivity index (χ1v) is 9.26. The highest BCUT2D eigenvalue weighted by atomic mass is 35.5. The van der Waals surface area contributed by atoms with Gasteiger partial charge in [-0.25, -0.2) is 14.2 Å². The third-order valence-corrected chi connectivity index (χ3v) is 4.26. The molecule has 0 spiro atoms. The smallest absolute Gasteiger partial charge is 0.351 e. The van der Waals surface area contributed by atoms with Gasteiger partial charge in [-0.2, -0.15) is 4.68 Å². The molecule has 2 heterocycles. The van der Waals surface area contributed by atoms with Crippen LogP contribution in [0.1, 0.15) is 36.2 Å². The lowest BCUT2D eigenvalue weighted by Gasteiger charge is -2.22. The van der Waals surface area contributed by atoms with Crippen molar-refractivity contribution in [2.24, 2.45) is 18.5 Å². The number of nitrogens with zero attached hydrogens (tertiary/aromatic N) is 6. The average molecular weight is 489 g/mol. The molecule has 2 aromatic rings. The van der Waals surface area contributed by atoms with Crippen LogP contribution in [0.3, 0.4) is 0 Å². The van der Waals surface area contributed by atoms with E-state index in [1.807, 2.05) is 0 Å². The lowest BCUT2D eigenvalue weighted by atomic mass is 10.2. The van der Waals surface area contributed by atoms with Crippen molar-refractivity contribution in [3.05, 3.63) is 22.5 Å². The van der Waals surface area contributed by atoms with Crippen LogP contribution in [0, 0.1) is 0 Å². The molecule has 0 aliphatic carbocycles. The lowest BCUT2D eigenvalue weighted by molar-refractivity contribution is 0.0948. The van der Waals surface area contributed by atoms with E-state index >= 15 is 0 Å². The molecule has 0 aliphatic rings. The fourth-order valence-electron chi connectivity index (χ4n) is 2.76. The Morgan fingerprint density at radius 1 is 1.07 bits per heavy atom. The highest BCUT2D eigenvalue weighted by Crippen LogP contribution is 2.03. The second-order valence-corrected chi connectivity index (χ2v) is 6.37. The Morgan fingerprint density at radius 3 is 2.37 bits per heavy atom. The molecule has 0 radical (unpaired) electrons. The first kappa shape index (κ1) is 30.7. The van der Waals surface area contributed by atoms with Crippen molar-refractivity contribution in [1.29, 1.82) is 0 Å². The van der Waals surface area contributed by atoms with Crippen LogP contribution in [0.2, 0.25) is 0 Å². The number of nitrogens with one attached hydrogen (secondary N) is 1. The number of carbonyl (C=O) groups excluding carboxylic acids is 1. The number of fused-ring (bicyclic) bond motifs is 1. The SMILES string of the molecule is Cl.Cl.Cl.Cn1nnc2c(C(=O)NCCCN(CCCN)CCCCN)ncn2c1=O. The molecule has 30 heavy (non-hydrogen) atoms. The van der Waals surface area contributed by atoms with E-state index in [0.717, 1.165) is 50.0 Å². The second kappa shape index (κ2) is 16.2.